The van der Waals surface area contributed by atoms with Crippen LogP contribution in [-0.2, 0) is 16.0 Å². The third kappa shape index (κ3) is 6.18. The van der Waals surface area contributed by atoms with E-state index in [9.17, 15) is 14.4 Å². The molecule has 3 amide bonds. The molecule has 7 heteroatoms. The number of hydrogen-bond acceptors (Lipinski definition) is 4. The summed E-state index contributed by atoms with van der Waals surface area (Å²) < 4.78 is 5.12. The Morgan fingerprint density at radius 3 is 2.09 bits per heavy atom. The monoisotopic (exact) mass is 431 g/mol. The molecule has 0 saturated heterocycles. The van der Waals surface area contributed by atoms with Gasteiger partial charge in [0.1, 0.15) is 0 Å². The van der Waals surface area contributed by atoms with Gasteiger partial charge in [0, 0.05) is 17.1 Å². The van der Waals surface area contributed by atoms with Crippen molar-refractivity contribution in [2.45, 2.75) is 20.3 Å². The van der Waals surface area contributed by atoms with Crippen LogP contribution in [0.5, 0.6) is 0 Å². The third-order valence-corrected chi connectivity index (χ3v) is 4.75. The number of carbonyl (C=O) groups is 3. The van der Waals surface area contributed by atoms with E-state index in [4.69, 9.17) is 4.74 Å². The Bertz CT molecular complexity index is 1100. The Hall–Kier alpha value is -4.13. The number of anilines is 3. The largest absolute Gasteiger partial charge is 0.452 e. The first-order valence-corrected chi connectivity index (χ1v) is 10.2. The molecule has 0 unspecified atom stereocenters. The van der Waals surface area contributed by atoms with Crippen LogP contribution in [0.4, 0.5) is 21.9 Å². The molecule has 7 nitrogen and oxygen atoms in total. The van der Waals surface area contributed by atoms with E-state index >= 15 is 0 Å². The van der Waals surface area contributed by atoms with Gasteiger partial charge in [-0.3, -0.25) is 4.79 Å². The molecule has 32 heavy (non-hydrogen) atoms. The predicted molar refractivity (Wildman–Crippen MR) is 125 cm³/mol. The molecule has 3 rings (SSSR count). The topological polar surface area (TPSA) is 96.5 Å². The number of ether oxygens (including phenoxy) is 1. The molecule has 0 atom stereocenters. The SMILES string of the molecule is CCc1cccc(C)c1NC(=O)COC(=O)c1ccc(NC(=O)Nc2ccccc2)cc1. The van der Waals surface area contributed by atoms with Crippen molar-refractivity contribution in [1.82, 2.24) is 0 Å². The Morgan fingerprint density at radius 2 is 1.44 bits per heavy atom. The highest BCUT2D eigenvalue weighted by Crippen LogP contribution is 2.21. The second-order valence-corrected chi connectivity index (χ2v) is 7.11. The van der Waals surface area contributed by atoms with E-state index < -0.39 is 24.5 Å². The number of nitrogens with one attached hydrogen (secondary N) is 3. The van der Waals surface area contributed by atoms with Crippen LogP contribution >= 0.6 is 0 Å². The molecule has 0 heterocycles. The molecule has 0 aliphatic heterocycles. The zero-order valence-corrected chi connectivity index (χ0v) is 18.0. The van der Waals surface area contributed by atoms with Crippen molar-refractivity contribution in [3.8, 4) is 0 Å². The molecular formula is C25H25N3O4. The van der Waals surface area contributed by atoms with E-state index in [1.54, 1.807) is 24.3 Å². The van der Waals surface area contributed by atoms with Gasteiger partial charge in [-0.25, -0.2) is 9.59 Å². The van der Waals surface area contributed by atoms with E-state index in [1.165, 1.54) is 12.1 Å². The molecule has 3 N–H and O–H groups in total. The van der Waals surface area contributed by atoms with Gasteiger partial charge in [-0.2, -0.15) is 0 Å². The molecule has 0 aliphatic rings. The summed E-state index contributed by atoms with van der Waals surface area (Å²) >= 11 is 0. The number of para-hydroxylation sites is 2. The number of amides is 3. The first-order chi connectivity index (χ1) is 15.5. The van der Waals surface area contributed by atoms with Gasteiger partial charge in [-0.1, -0.05) is 43.3 Å². The number of hydrogen-bond donors (Lipinski definition) is 3. The van der Waals surface area contributed by atoms with Crippen molar-refractivity contribution in [2.24, 2.45) is 0 Å². The highest BCUT2D eigenvalue weighted by atomic mass is 16.5. The van der Waals surface area contributed by atoms with Crippen LogP contribution < -0.4 is 16.0 Å². The molecular weight excluding hydrogens is 406 g/mol. The fourth-order valence-electron chi connectivity index (χ4n) is 3.10. The Labute approximate surface area is 186 Å². The molecule has 0 saturated carbocycles. The van der Waals surface area contributed by atoms with Crippen molar-refractivity contribution in [3.05, 3.63) is 89.5 Å². The van der Waals surface area contributed by atoms with Crippen LogP contribution in [0.25, 0.3) is 0 Å². The zero-order valence-electron chi connectivity index (χ0n) is 18.0. The second-order valence-electron chi connectivity index (χ2n) is 7.11. The van der Waals surface area contributed by atoms with E-state index in [2.05, 4.69) is 16.0 Å². The molecule has 0 aromatic heterocycles. The minimum atomic E-state index is -0.624. The lowest BCUT2D eigenvalue weighted by Crippen LogP contribution is -2.22. The first-order valence-electron chi connectivity index (χ1n) is 10.2. The summed E-state index contributed by atoms with van der Waals surface area (Å²) in [5.74, 6) is -1.03. The quantitative estimate of drug-likeness (QED) is 0.459. The number of benzene rings is 3. The minimum absolute atomic E-state index is 0.275. The Balaban J connectivity index is 1.50. The molecule has 0 fully saturated rings. The fraction of sp³-hybridized carbons (Fsp3) is 0.160. The number of esters is 1. The van der Waals surface area contributed by atoms with E-state index in [-0.39, 0.29) is 5.56 Å². The highest BCUT2D eigenvalue weighted by Gasteiger charge is 2.13. The summed E-state index contributed by atoms with van der Waals surface area (Å²) in [7, 11) is 0. The predicted octanol–water partition coefficient (Wildman–Crippen LogP) is 5.00. The summed E-state index contributed by atoms with van der Waals surface area (Å²) in [5, 5.41) is 8.21. The standard InChI is InChI=1S/C25H25N3O4/c1-3-18-9-7-8-17(2)23(18)28-22(29)16-32-24(30)19-12-14-21(15-13-19)27-25(31)26-20-10-5-4-6-11-20/h4-15H,3,16H2,1-2H3,(H,28,29)(H2,26,27,31). The minimum Gasteiger partial charge on any atom is -0.452 e. The summed E-state index contributed by atoms with van der Waals surface area (Å²) in [5.41, 5.74) is 4.17. The molecule has 164 valence electrons. The molecule has 0 spiro atoms. The zero-order chi connectivity index (χ0) is 22.9. The van der Waals surface area contributed by atoms with Crippen molar-refractivity contribution in [1.29, 1.82) is 0 Å². The van der Waals surface area contributed by atoms with E-state index in [0.29, 0.717) is 11.4 Å². The van der Waals surface area contributed by atoms with Crippen molar-refractivity contribution >= 4 is 35.0 Å². The number of rotatable bonds is 7. The average Bonchev–Trinajstić information content (AvgIpc) is 2.80. The third-order valence-electron chi connectivity index (χ3n) is 4.75. The lowest BCUT2D eigenvalue weighted by Gasteiger charge is -2.13. The van der Waals surface area contributed by atoms with Gasteiger partial charge >= 0.3 is 12.0 Å². The summed E-state index contributed by atoms with van der Waals surface area (Å²) in [6.45, 7) is 3.53. The normalized spacial score (nSPS) is 10.2. The van der Waals surface area contributed by atoms with Gasteiger partial charge in [0.25, 0.3) is 5.91 Å². The smallest absolute Gasteiger partial charge is 0.338 e. The van der Waals surface area contributed by atoms with E-state index in [0.717, 1.165) is 23.2 Å². The Morgan fingerprint density at radius 1 is 0.781 bits per heavy atom. The lowest BCUT2D eigenvalue weighted by atomic mass is 10.1. The number of aryl methyl sites for hydroxylation is 2. The van der Waals surface area contributed by atoms with Crippen LogP contribution in [-0.4, -0.2) is 24.5 Å². The van der Waals surface area contributed by atoms with Gasteiger partial charge in [0.05, 0.1) is 5.56 Å². The maximum absolute atomic E-state index is 12.3. The highest BCUT2D eigenvalue weighted by molar-refractivity contribution is 6.00. The van der Waals surface area contributed by atoms with Crippen molar-refractivity contribution in [2.75, 3.05) is 22.6 Å². The summed E-state index contributed by atoms with van der Waals surface area (Å²) in [6.07, 6.45) is 0.779. The average molecular weight is 431 g/mol. The molecule has 0 radical (unpaired) electrons. The number of carbonyl (C=O) groups excluding carboxylic acids is 3. The van der Waals surface area contributed by atoms with Gasteiger partial charge < -0.3 is 20.7 Å². The van der Waals surface area contributed by atoms with Gasteiger partial charge in [0.2, 0.25) is 0 Å². The van der Waals surface area contributed by atoms with Gasteiger partial charge in [-0.15, -0.1) is 0 Å². The molecule has 0 aliphatic carbocycles. The van der Waals surface area contributed by atoms with Gasteiger partial charge in [-0.05, 0) is 60.9 Å². The van der Waals surface area contributed by atoms with E-state index in [1.807, 2.05) is 50.2 Å². The fourth-order valence-corrected chi connectivity index (χ4v) is 3.10. The summed E-state index contributed by atoms with van der Waals surface area (Å²) in [6, 6.07) is 20.7. The summed E-state index contributed by atoms with van der Waals surface area (Å²) in [4.78, 5) is 36.6. The maximum atomic E-state index is 12.3. The van der Waals surface area contributed by atoms with Crippen molar-refractivity contribution in [3.63, 3.8) is 0 Å². The lowest BCUT2D eigenvalue weighted by molar-refractivity contribution is -0.119. The van der Waals surface area contributed by atoms with Crippen molar-refractivity contribution < 1.29 is 19.1 Å². The van der Waals surface area contributed by atoms with Crippen LogP contribution in [0.3, 0.4) is 0 Å². The van der Waals surface area contributed by atoms with Crippen LogP contribution in [0, 0.1) is 6.92 Å². The maximum Gasteiger partial charge on any atom is 0.338 e. The molecule has 3 aromatic carbocycles. The molecule has 3 aromatic rings. The van der Waals surface area contributed by atoms with Crippen LogP contribution in [0.15, 0.2) is 72.8 Å². The second kappa shape index (κ2) is 10.8. The number of urea groups is 1. The Kier molecular flexibility index (Phi) is 7.59. The van der Waals surface area contributed by atoms with Gasteiger partial charge in [0.15, 0.2) is 6.61 Å². The molecule has 0 bridgehead atoms. The van der Waals surface area contributed by atoms with Crippen LogP contribution in [0.1, 0.15) is 28.4 Å². The first kappa shape index (κ1) is 22.6. The van der Waals surface area contributed by atoms with Crippen LogP contribution in [0.2, 0.25) is 0 Å².